The molecule has 1 aromatic rings. The normalized spacial score (nSPS) is 25.2. The topological polar surface area (TPSA) is 71.0 Å². The summed E-state index contributed by atoms with van der Waals surface area (Å²) in [5.41, 5.74) is 0.844. The van der Waals surface area contributed by atoms with Crippen LogP contribution in [0, 0.1) is 0 Å². The first kappa shape index (κ1) is 21.1. The zero-order valence-corrected chi connectivity index (χ0v) is 17.9. The van der Waals surface area contributed by atoms with Gasteiger partial charge in [-0.15, -0.1) is 0 Å². The van der Waals surface area contributed by atoms with Gasteiger partial charge in [-0.25, -0.2) is 0 Å². The molecule has 3 saturated heterocycles. The Morgan fingerprint density at radius 1 is 0.964 bits per heavy atom. The SMILES string of the molecule is COc1ccc(C=NCCC[Si]23OCCN(CCO2)CCO3)c(OC)c1OC. The molecule has 0 atom stereocenters. The van der Waals surface area contributed by atoms with Gasteiger partial charge in [-0.1, -0.05) is 0 Å². The van der Waals surface area contributed by atoms with Crippen LogP contribution in [0.1, 0.15) is 12.0 Å². The summed E-state index contributed by atoms with van der Waals surface area (Å²) in [6.45, 7) is 5.57. The van der Waals surface area contributed by atoms with Crippen molar-refractivity contribution < 1.29 is 27.5 Å². The van der Waals surface area contributed by atoms with E-state index in [1.54, 1.807) is 27.5 Å². The molecule has 2 bridgehead atoms. The molecule has 4 rings (SSSR count). The molecule has 0 radical (unpaired) electrons. The molecule has 0 amide bonds. The predicted molar refractivity (Wildman–Crippen MR) is 108 cm³/mol. The van der Waals surface area contributed by atoms with E-state index < -0.39 is 8.80 Å². The minimum atomic E-state index is -2.56. The molecule has 3 aliphatic rings. The Kier molecular flexibility index (Phi) is 7.69. The van der Waals surface area contributed by atoms with Gasteiger partial charge in [0.2, 0.25) is 5.75 Å². The average Bonchev–Trinajstić information content (AvgIpc) is 2.67. The summed E-state index contributed by atoms with van der Waals surface area (Å²) >= 11 is 0. The Morgan fingerprint density at radius 2 is 1.61 bits per heavy atom. The molecule has 28 heavy (non-hydrogen) atoms. The largest absolute Gasteiger partial charge is 0.501 e. The Labute approximate surface area is 167 Å². The van der Waals surface area contributed by atoms with Gasteiger partial charge in [-0.3, -0.25) is 9.89 Å². The summed E-state index contributed by atoms with van der Waals surface area (Å²) in [6.07, 6.45) is 2.65. The molecular weight excluding hydrogens is 380 g/mol. The zero-order chi connectivity index (χ0) is 19.8. The molecule has 3 aliphatic heterocycles. The second-order valence-electron chi connectivity index (χ2n) is 6.63. The third-order valence-electron chi connectivity index (χ3n) is 4.92. The molecule has 1 aromatic carbocycles. The van der Waals surface area contributed by atoms with Crippen LogP contribution in [0.15, 0.2) is 17.1 Å². The van der Waals surface area contributed by atoms with Crippen LogP contribution in [0.3, 0.4) is 0 Å². The third-order valence-corrected chi connectivity index (χ3v) is 7.82. The Balaban J connectivity index is 1.58. The highest BCUT2D eigenvalue weighted by atomic mass is 28.4. The summed E-state index contributed by atoms with van der Waals surface area (Å²) in [4.78, 5) is 6.87. The molecule has 156 valence electrons. The molecular formula is C19H30N2O6Si. The Hall–Kier alpha value is -1.65. The lowest BCUT2D eigenvalue weighted by Crippen LogP contribution is -2.55. The smallest absolute Gasteiger partial charge is 0.493 e. The van der Waals surface area contributed by atoms with E-state index in [2.05, 4.69) is 9.89 Å². The van der Waals surface area contributed by atoms with Crippen molar-refractivity contribution in [2.24, 2.45) is 4.99 Å². The zero-order valence-electron chi connectivity index (χ0n) is 16.9. The molecule has 0 saturated carbocycles. The fourth-order valence-electron chi connectivity index (χ4n) is 3.44. The highest BCUT2D eigenvalue weighted by Gasteiger charge is 2.43. The third kappa shape index (κ3) is 5.03. The lowest BCUT2D eigenvalue weighted by Gasteiger charge is -2.38. The van der Waals surface area contributed by atoms with Gasteiger partial charge >= 0.3 is 8.80 Å². The second kappa shape index (κ2) is 10.2. The number of benzene rings is 1. The van der Waals surface area contributed by atoms with Gasteiger partial charge in [-0.2, -0.15) is 0 Å². The van der Waals surface area contributed by atoms with Gasteiger partial charge in [0.05, 0.1) is 41.2 Å². The minimum absolute atomic E-state index is 0.563. The molecule has 0 N–H and O–H groups in total. The number of aliphatic imine (C=N–C) groups is 1. The Bertz CT molecular complexity index is 646. The summed E-state index contributed by atoms with van der Waals surface area (Å²) in [7, 11) is 2.24. The Morgan fingerprint density at radius 3 is 2.18 bits per heavy atom. The number of ether oxygens (including phenoxy) is 3. The van der Waals surface area contributed by atoms with E-state index in [0.29, 0.717) is 43.6 Å². The van der Waals surface area contributed by atoms with E-state index in [0.717, 1.165) is 37.7 Å². The van der Waals surface area contributed by atoms with Crippen LogP contribution in [-0.2, 0) is 13.3 Å². The predicted octanol–water partition coefficient (Wildman–Crippen LogP) is 1.84. The number of rotatable bonds is 8. The summed E-state index contributed by atoms with van der Waals surface area (Å²) < 4.78 is 34.4. The second-order valence-corrected chi connectivity index (χ2v) is 9.36. The average molecular weight is 411 g/mol. The number of hydrogen-bond donors (Lipinski definition) is 0. The van der Waals surface area contributed by atoms with E-state index >= 15 is 0 Å². The molecule has 9 heteroatoms. The van der Waals surface area contributed by atoms with Gasteiger partial charge in [0, 0.05) is 44.0 Å². The van der Waals surface area contributed by atoms with Crippen LogP contribution in [-0.4, -0.2) is 87.2 Å². The standard InChI is InChI=1S/C19H30N2O6Si/c1-22-17-6-5-16(18(23-2)19(17)24-3)15-20-7-4-14-28-25-11-8-21(9-12-26-28)10-13-27-28/h5-6,15H,4,7-14H2,1-3H3. The minimum Gasteiger partial charge on any atom is -0.493 e. The van der Waals surface area contributed by atoms with Crippen molar-refractivity contribution >= 4 is 15.0 Å². The molecule has 0 aliphatic carbocycles. The van der Waals surface area contributed by atoms with Gasteiger partial charge in [0.15, 0.2) is 11.5 Å². The first-order chi connectivity index (χ1) is 13.7. The quantitative estimate of drug-likeness (QED) is 0.368. The fourth-order valence-corrected chi connectivity index (χ4v) is 5.92. The molecule has 0 unspecified atom stereocenters. The van der Waals surface area contributed by atoms with Crippen LogP contribution in [0.5, 0.6) is 17.2 Å². The maximum Gasteiger partial charge on any atom is 0.501 e. The lowest BCUT2D eigenvalue weighted by molar-refractivity contribution is -0.00841. The maximum atomic E-state index is 6.05. The maximum absolute atomic E-state index is 6.05. The van der Waals surface area contributed by atoms with E-state index in [-0.39, 0.29) is 0 Å². The number of hydrogen-bond acceptors (Lipinski definition) is 8. The monoisotopic (exact) mass is 410 g/mol. The summed E-state index contributed by atoms with van der Waals surface area (Å²) in [5.74, 6) is 1.80. The van der Waals surface area contributed by atoms with Crippen molar-refractivity contribution in [3.05, 3.63) is 17.7 Å². The van der Waals surface area contributed by atoms with Gasteiger partial charge < -0.3 is 27.5 Å². The molecule has 0 aromatic heterocycles. The highest BCUT2D eigenvalue weighted by molar-refractivity contribution is 6.60. The van der Waals surface area contributed by atoms with Crippen LogP contribution in [0.2, 0.25) is 6.04 Å². The molecule has 3 heterocycles. The number of methoxy groups -OCH3 is 3. The van der Waals surface area contributed by atoms with Crippen molar-refractivity contribution in [2.45, 2.75) is 12.5 Å². The number of nitrogens with zero attached hydrogens (tertiary/aromatic N) is 2. The summed E-state index contributed by atoms with van der Waals surface area (Å²) in [5, 5.41) is 0. The van der Waals surface area contributed by atoms with Gasteiger partial charge in [0.25, 0.3) is 0 Å². The number of fused-ring (bicyclic) bond motifs is 6. The molecule has 3 fully saturated rings. The van der Waals surface area contributed by atoms with Crippen LogP contribution in [0.25, 0.3) is 0 Å². The van der Waals surface area contributed by atoms with Crippen molar-refractivity contribution in [2.75, 3.05) is 67.3 Å². The first-order valence-corrected chi connectivity index (χ1v) is 11.6. The molecule has 0 spiro atoms. The van der Waals surface area contributed by atoms with Crippen molar-refractivity contribution in [1.29, 1.82) is 0 Å². The van der Waals surface area contributed by atoms with Crippen molar-refractivity contribution in [3.63, 3.8) is 0 Å². The van der Waals surface area contributed by atoms with E-state index in [1.165, 1.54) is 0 Å². The summed E-state index contributed by atoms with van der Waals surface area (Å²) in [6, 6.07) is 4.53. The van der Waals surface area contributed by atoms with Crippen molar-refractivity contribution in [3.8, 4) is 17.2 Å². The van der Waals surface area contributed by atoms with Crippen LogP contribution < -0.4 is 14.2 Å². The fraction of sp³-hybridized carbons (Fsp3) is 0.632. The van der Waals surface area contributed by atoms with E-state index in [4.69, 9.17) is 27.5 Å². The van der Waals surface area contributed by atoms with Gasteiger partial charge in [-0.05, 0) is 18.6 Å². The highest BCUT2D eigenvalue weighted by Crippen LogP contribution is 2.39. The molecule has 8 nitrogen and oxygen atoms in total. The van der Waals surface area contributed by atoms with E-state index in [9.17, 15) is 0 Å². The van der Waals surface area contributed by atoms with Gasteiger partial charge in [0.1, 0.15) is 0 Å². The lowest BCUT2D eigenvalue weighted by atomic mass is 10.2. The van der Waals surface area contributed by atoms with Crippen molar-refractivity contribution in [1.82, 2.24) is 4.90 Å². The van der Waals surface area contributed by atoms with Crippen LogP contribution >= 0.6 is 0 Å². The van der Waals surface area contributed by atoms with E-state index in [1.807, 2.05) is 12.1 Å². The van der Waals surface area contributed by atoms with Crippen LogP contribution in [0.4, 0.5) is 0 Å². The first-order valence-electron chi connectivity index (χ1n) is 9.64.